The smallest absolute Gasteiger partial charge is 0.0391 e. The van der Waals surface area contributed by atoms with Gasteiger partial charge >= 0.3 is 0 Å². The first-order valence-corrected chi connectivity index (χ1v) is 5.84. The van der Waals surface area contributed by atoms with E-state index in [0.717, 1.165) is 24.7 Å². The van der Waals surface area contributed by atoms with Gasteiger partial charge in [-0.15, -0.1) is 0 Å². The van der Waals surface area contributed by atoms with Gasteiger partial charge in [0.2, 0.25) is 0 Å². The predicted octanol–water partition coefficient (Wildman–Crippen LogP) is 4.66. The van der Waals surface area contributed by atoms with Gasteiger partial charge < -0.3 is 0 Å². The van der Waals surface area contributed by atoms with E-state index in [-0.39, 0.29) is 0 Å². The Morgan fingerprint density at radius 3 is 2.23 bits per heavy atom. The van der Waals surface area contributed by atoms with Crippen LogP contribution in [0.3, 0.4) is 0 Å². The van der Waals surface area contributed by atoms with Crippen molar-refractivity contribution in [3.05, 3.63) is 13.8 Å². The van der Waals surface area contributed by atoms with E-state index in [1.165, 1.54) is 32.1 Å². The van der Waals surface area contributed by atoms with Crippen LogP contribution in [0, 0.1) is 25.7 Å². The van der Waals surface area contributed by atoms with Crippen molar-refractivity contribution < 1.29 is 0 Å². The van der Waals surface area contributed by atoms with Gasteiger partial charge in [0.05, 0.1) is 0 Å². The van der Waals surface area contributed by atoms with Gasteiger partial charge in [0.15, 0.2) is 0 Å². The highest BCUT2D eigenvalue weighted by atomic mass is 14.2. The number of unbranched alkanes of at least 4 members (excludes halogenated alkanes) is 3. The van der Waals surface area contributed by atoms with E-state index < -0.39 is 0 Å². The van der Waals surface area contributed by atoms with Gasteiger partial charge in [-0.05, 0) is 11.8 Å². The van der Waals surface area contributed by atoms with Crippen molar-refractivity contribution >= 4 is 0 Å². The summed E-state index contributed by atoms with van der Waals surface area (Å²) in [6.07, 6.45) is 8.96. The average molecular weight is 182 g/mol. The van der Waals surface area contributed by atoms with Gasteiger partial charge in [-0.25, -0.2) is 0 Å². The maximum Gasteiger partial charge on any atom is -0.0391 e. The van der Waals surface area contributed by atoms with Crippen LogP contribution in [0.25, 0.3) is 0 Å². The highest BCUT2D eigenvalue weighted by Gasteiger charge is 2.12. The van der Waals surface area contributed by atoms with E-state index in [2.05, 4.69) is 27.7 Å². The first-order valence-electron chi connectivity index (χ1n) is 5.84. The second kappa shape index (κ2) is 8.59. The van der Waals surface area contributed by atoms with Gasteiger partial charge in [0, 0.05) is 0 Å². The molecule has 0 saturated carbocycles. The molecule has 13 heavy (non-hydrogen) atoms. The molecule has 0 fully saturated rings. The Morgan fingerprint density at radius 2 is 1.77 bits per heavy atom. The molecule has 2 unspecified atom stereocenters. The van der Waals surface area contributed by atoms with Crippen LogP contribution >= 0.6 is 0 Å². The molecule has 0 heterocycles. The Morgan fingerprint density at radius 1 is 1.08 bits per heavy atom. The monoisotopic (exact) mass is 182 g/mol. The Bertz CT molecular complexity index is 96.2. The molecular formula is C13H26. The van der Waals surface area contributed by atoms with Gasteiger partial charge in [-0.3, -0.25) is 0 Å². The van der Waals surface area contributed by atoms with Gasteiger partial charge in [0.25, 0.3) is 0 Å². The highest BCUT2D eigenvalue weighted by molar-refractivity contribution is 4.66. The van der Waals surface area contributed by atoms with Crippen LogP contribution < -0.4 is 0 Å². The van der Waals surface area contributed by atoms with Crippen LogP contribution in [0.4, 0.5) is 0 Å². The maximum atomic E-state index is 3.99. The number of rotatable bonds is 8. The lowest BCUT2D eigenvalue weighted by Gasteiger charge is -2.21. The zero-order valence-electron chi connectivity index (χ0n) is 9.52. The van der Waals surface area contributed by atoms with E-state index in [0.29, 0.717) is 0 Å². The summed E-state index contributed by atoms with van der Waals surface area (Å²) in [7, 11) is 0. The third kappa shape index (κ3) is 6.12. The summed E-state index contributed by atoms with van der Waals surface area (Å²) in [5.41, 5.74) is 0. The first kappa shape index (κ1) is 13.0. The molecule has 0 aromatic rings. The minimum Gasteiger partial charge on any atom is -0.0651 e. The molecule has 2 radical (unpaired) electrons. The Hall–Kier alpha value is 0. The zero-order valence-corrected chi connectivity index (χ0v) is 9.52. The van der Waals surface area contributed by atoms with E-state index >= 15 is 0 Å². The zero-order chi connectivity index (χ0) is 10.1. The van der Waals surface area contributed by atoms with Crippen LogP contribution in [-0.2, 0) is 0 Å². The van der Waals surface area contributed by atoms with Gasteiger partial charge in [-0.1, -0.05) is 72.6 Å². The second-order valence-electron chi connectivity index (χ2n) is 4.14. The summed E-state index contributed by atoms with van der Waals surface area (Å²) >= 11 is 0. The average Bonchev–Trinajstić information content (AvgIpc) is 2.17. The van der Waals surface area contributed by atoms with Crippen molar-refractivity contribution in [3.63, 3.8) is 0 Å². The largest absolute Gasteiger partial charge is 0.0651 e. The molecule has 0 spiro atoms. The number of hydrogen-bond acceptors (Lipinski definition) is 0. The lowest BCUT2D eigenvalue weighted by Crippen LogP contribution is -2.09. The molecule has 0 rings (SSSR count). The van der Waals surface area contributed by atoms with E-state index in [4.69, 9.17) is 0 Å². The van der Waals surface area contributed by atoms with Crippen LogP contribution in [-0.4, -0.2) is 0 Å². The van der Waals surface area contributed by atoms with Crippen LogP contribution in [0.5, 0.6) is 0 Å². The first-order chi connectivity index (χ1) is 6.26. The molecule has 0 heteroatoms. The minimum atomic E-state index is 0.810. The maximum absolute atomic E-state index is 3.99. The fraction of sp³-hybridized carbons (Fsp3) is 0.846. The highest BCUT2D eigenvalue weighted by Crippen LogP contribution is 2.24. The van der Waals surface area contributed by atoms with Crippen molar-refractivity contribution in [1.82, 2.24) is 0 Å². The van der Waals surface area contributed by atoms with Crippen molar-refractivity contribution in [1.29, 1.82) is 0 Å². The Labute approximate surface area is 85.1 Å². The molecule has 0 aliphatic carbocycles. The fourth-order valence-corrected chi connectivity index (χ4v) is 1.89. The molecule has 0 amide bonds. The molecule has 0 saturated heterocycles. The third-order valence-electron chi connectivity index (χ3n) is 3.11. The summed E-state index contributed by atoms with van der Waals surface area (Å²) in [6, 6.07) is 0. The molecule has 0 aliphatic rings. The second-order valence-corrected chi connectivity index (χ2v) is 4.14. The van der Waals surface area contributed by atoms with Gasteiger partial charge in [-0.2, -0.15) is 0 Å². The molecular weight excluding hydrogens is 156 g/mol. The summed E-state index contributed by atoms with van der Waals surface area (Å²) < 4.78 is 0. The van der Waals surface area contributed by atoms with Crippen LogP contribution in [0.1, 0.15) is 58.8 Å². The Kier molecular flexibility index (Phi) is 8.59. The van der Waals surface area contributed by atoms with Crippen LogP contribution in [0.2, 0.25) is 0 Å². The van der Waals surface area contributed by atoms with Gasteiger partial charge in [0.1, 0.15) is 0 Å². The minimum absolute atomic E-state index is 0.810. The van der Waals surface area contributed by atoms with E-state index in [1.54, 1.807) is 0 Å². The molecule has 0 aromatic heterocycles. The molecule has 0 bridgehead atoms. The molecule has 78 valence electrons. The quantitative estimate of drug-likeness (QED) is 0.479. The van der Waals surface area contributed by atoms with Crippen LogP contribution in [0.15, 0.2) is 0 Å². The predicted molar refractivity (Wildman–Crippen MR) is 61.4 cm³/mol. The van der Waals surface area contributed by atoms with Crippen molar-refractivity contribution in [2.75, 3.05) is 0 Å². The Balaban J connectivity index is 3.47. The summed E-state index contributed by atoms with van der Waals surface area (Å²) in [6.45, 7) is 12.5. The number of hydrogen-bond donors (Lipinski definition) is 0. The normalized spacial score (nSPS) is 15.7. The summed E-state index contributed by atoms with van der Waals surface area (Å²) in [5, 5.41) is 0. The molecule has 0 aromatic carbocycles. The lowest BCUT2D eigenvalue weighted by atomic mass is 9.85. The standard InChI is InChI=1S/C13H26/c1-5-8-9-10-11-13(7-3)12(4)6-2/h12-13H,1-2,5-11H2,3-4H3. The molecule has 2 atom stereocenters. The molecule has 0 nitrogen and oxygen atoms in total. The fourth-order valence-electron chi connectivity index (χ4n) is 1.89. The SMILES string of the molecule is [CH2]CCCCCC(CC)C(C)C[CH2]. The summed E-state index contributed by atoms with van der Waals surface area (Å²) in [4.78, 5) is 0. The molecule has 0 N–H and O–H groups in total. The van der Waals surface area contributed by atoms with E-state index in [1.807, 2.05) is 0 Å². The lowest BCUT2D eigenvalue weighted by molar-refractivity contribution is 0.316. The van der Waals surface area contributed by atoms with Crippen molar-refractivity contribution in [2.24, 2.45) is 11.8 Å². The van der Waals surface area contributed by atoms with E-state index in [9.17, 15) is 0 Å². The van der Waals surface area contributed by atoms with Crippen molar-refractivity contribution in [2.45, 2.75) is 58.8 Å². The van der Waals surface area contributed by atoms with Crippen molar-refractivity contribution in [3.8, 4) is 0 Å². The summed E-state index contributed by atoms with van der Waals surface area (Å²) in [5.74, 6) is 1.71. The third-order valence-corrected chi connectivity index (χ3v) is 3.11. The molecule has 0 aliphatic heterocycles. The topological polar surface area (TPSA) is 0 Å².